The number of rotatable bonds is 18. The van der Waals surface area contributed by atoms with Gasteiger partial charge >= 0.3 is 167 Å². The predicted molar refractivity (Wildman–Crippen MR) is 128 cm³/mol. The maximum atomic E-state index is 6.41. The molecule has 0 saturated heterocycles. The van der Waals surface area contributed by atoms with Gasteiger partial charge in [0.05, 0.1) is 0 Å². The Morgan fingerprint density at radius 1 is 0.560 bits per heavy atom. The SMILES string of the molecule is CCCC[PH](CCCC)(CCCC)CCCCCCCC[Si](C)(C)Cl. The van der Waals surface area contributed by atoms with Crippen molar-refractivity contribution in [1.29, 1.82) is 0 Å². The molecule has 25 heavy (non-hydrogen) atoms. The standard InChI is InChI=1S/C22H50ClPSi/c1-6-9-18-24(19-10-7-2,20-11-8-3)21-16-14-12-13-15-17-22-25(4,5)23/h24H,6-22H2,1-5H3. The summed E-state index contributed by atoms with van der Waals surface area (Å²) < 4.78 is 0. The molecule has 0 radical (unpaired) electrons. The molecule has 0 spiro atoms. The van der Waals surface area contributed by atoms with E-state index in [4.69, 9.17) is 11.1 Å². The first-order valence-corrected chi connectivity index (χ1v) is 18.6. The zero-order chi connectivity index (χ0) is 19.0. The average Bonchev–Trinajstić information content (AvgIpc) is 2.57. The molecule has 0 aromatic rings. The second kappa shape index (κ2) is 15.9. The van der Waals surface area contributed by atoms with Crippen LogP contribution in [0.2, 0.25) is 19.1 Å². The van der Waals surface area contributed by atoms with Gasteiger partial charge in [-0.2, -0.15) is 0 Å². The Kier molecular flexibility index (Phi) is 16.5. The summed E-state index contributed by atoms with van der Waals surface area (Å²) in [7, 11) is -2.29. The van der Waals surface area contributed by atoms with Gasteiger partial charge in [-0.25, -0.2) is 0 Å². The van der Waals surface area contributed by atoms with Gasteiger partial charge in [0.2, 0.25) is 0 Å². The third-order valence-corrected chi connectivity index (χ3v) is 13.7. The van der Waals surface area contributed by atoms with Crippen LogP contribution in [0.15, 0.2) is 0 Å². The van der Waals surface area contributed by atoms with Crippen molar-refractivity contribution in [2.45, 2.75) is 117 Å². The van der Waals surface area contributed by atoms with E-state index in [1.807, 2.05) is 0 Å². The van der Waals surface area contributed by atoms with E-state index in [0.29, 0.717) is 0 Å². The number of hydrogen-bond acceptors (Lipinski definition) is 0. The van der Waals surface area contributed by atoms with Crippen molar-refractivity contribution in [3.63, 3.8) is 0 Å². The van der Waals surface area contributed by atoms with Crippen molar-refractivity contribution in [2.75, 3.05) is 24.6 Å². The fourth-order valence-electron chi connectivity index (χ4n) is 4.16. The van der Waals surface area contributed by atoms with Crippen molar-refractivity contribution in [3.8, 4) is 0 Å². The van der Waals surface area contributed by atoms with Gasteiger partial charge in [0.15, 0.2) is 0 Å². The van der Waals surface area contributed by atoms with Crippen LogP contribution in [0.1, 0.15) is 97.8 Å². The van der Waals surface area contributed by atoms with Crippen LogP contribution in [0.25, 0.3) is 0 Å². The van der Waals surface area contributed by atoms with Crippen LogP contribution in [0.3, 0.4) is 0 Å². The summed E-state index contributed by atoms with van der Waals surface area (Å²) in [6.45, 7) is 11.7. The van der Waals surface area contributed by atoms with Crippen LogP contribution in [-0.4, -0.2) is 32.0 Å². The molecule has 0 heterocycles. The van der Waals surface area contributed by atoms with E-state index in [1.54, 1.807) is 24.6 Å². The van der Waals surface area contributed by atoms with Gasteiger partial charge < -0.3 is 0 Å². The molecule has 0 bridgehead atoms. The number of halogens is 1. The second-order valence-electron chi connectivity index (χ2n) is 9.15. The van der Waals surface area contributed by atoms with Gasteiger partial charge in [-0.3, -0.25) is 0 Å². The Hall–Kier alpha value is 0.937. The van der Waals surface area contributed by atoms with Crippen molar-refractivity contribution < 1.29 is 0 Å². The monoisotopic (exact) mass is 408 g/mol. The van der Waals surface area contributed by atoms with Crippen molar-refractivity contribution >= 4 is 25.7 Å². The second-order valence-corrected chi connectivity index (χ2v) is 21.2. The first kappa shape index (κ1) is 25.9. The van der Waals surface area contributed by atoms with Crippen molar-refractivity contribution in [1.82, 2.24) is 0 Å². The molecule has 0 aromatic heterocycles. The van der Waals surface area contributed by atoms with E-state index in [9.17, 15) is 0 Å². The van der Waals surface area contributed by atoms with E-state index in [1.165, 1.54) is 83.1 Å². The van der Waals surface area contributed by atoms with E-state index in [-0.39, 0.29) is 0 Å². The molecule has 0 aromatic carbocycles. The molecule has 0 amide bonds. The molecule has 0 aliphatic heterocycles. The van der Waals surface area contributed by atoms with Gasteiger partial charge in [0, 0.05) is 0 Å². The van der Waals surface area contributed by atoms with Crippen LogP contribution in [-0.2, 0) is 0 Å². The summed E-state index contributed by atoms with van der Waals surface area (Å²) >= 11 is 6.41. The molecular weight excluding hydrogens is 359 g/mol. The fraction of sp³-hybridized carbons (Fsp3) is 1.00. The minimum absolute atomic E-state index is 0.971. The molecule has 0 rings (SSSR count). The molecule has 0 N–H and O–H groups in total. The summed E-state index contributed by atoms with van der Waals surface area (Å²) in [5.74, 6) is 0. The van der Waals surface area contributed by atoms with E-state index >= 15 is 0 Å². The van der Waals surface area contributed by atoms with Gasteiger partial charge in [-0.1, -0.05) is 0 Å². The predicted octanol–water partition coefficient (Wildman–Crippen LogP) is 8.92. The Morgan fingerprint density at radius 3 is 1.32 bits per heavy atom. The first-order valence-electron chi connectivity index (χ1n) is 11.6. The fourth-order valence-corrected chi connectivity index (χ4v) is 11.5. The molecule has 0 aliphatic rings. The minimum atomic E-state index is -1.32. The summed E-state index contributed by atoms with van der Waals surface area (Å²) in [6, 6.07) is 1.30. The zero-order valence-corrected chi connectivity index (χ0v) is 21.2. The maximum absolute atomic E-state index is 6.41. The molecule has 0 unspecified atom stereocenters. The van der Waals surface area contributed by atoms with Gasteiger partial charge in [0.1, 0.15) is 0 Å². The quantitative estimate of drug-likeness (QED) is 0.0918. The summed E-state index contributed by atoms with van der Waals surface area (Å²) in [5, 5.41) is 0. The van der Waals surface area contributed by atoms with Gasteiger partial charge in [-0.05, 0) is 0 Å². The average molecular weight is 409 g/mol. The molecule has 0 nitrogen and oxygen atoms in total. The molecule has 0 atom stereocenters. The molecule has 0 fully saturated rings. The Balaban J connectivity index is 4.13. The van der Waals surface area contributed by atoms with E-state index < -0.39 is 14.6 Å². The summed E-state index contributed by atoms with van der Waals surface area (Å²) in [4.78, 5) is 0. The Labute approximate surface area is 167 Å². The number of unbranched alkanes of at least 4 members (excludes halogenated alkanes) is 8. The van der Waals surface area contributed by atoms with Crippen molar-refractivity contribution in [3.05, 3.63) is 0 Å². The molecule has 0 saturated carbocycles. The molecular formula is C22H50ClPSi. The van der Waals surface area contributed by atoms with Crippen LogP contribution in [0.4, 0.5) is 0 Å². The molecule has 3 heteroatoms. The third kappa shape index (κ3) is 15.7. The van der Waals surface area contributed by atoms with Crippen molar-refractivity contribution in [2.24, 2.45) is 0 Å². The van der Waals surface area contributed by atoms with E-state index in [2.05, 4.69) is 33.9 Å². The van der Waals surface area contributed by atoms with Gasteiger partial charge in [-0.15, -0.1) is 0 Å². The van der Waals surface area contributed by atoms with Crippen LogP contribution >= 0.6 is 18.3 Å². The zero-order valence-electron chi connectivity index (χ0n) is 18.4. The van der Waals surface area contributed by atoms with Crippen LogP contribution in [0, 0.1) is 0 Å². The molecule has 154 valence electrons. The third-order valence-electron chi connectivity index (χ3n) is 5.91. The summed E-state index contributed by atoms with van der Waals surface area (Å²) in [6.07, 6.45) is 23.9. The Morgan fingerprint density at radius 2 is 0.920 bits per heavy atom. The van der Waals surface area contributed by atoms with Gasteiger partial charge in [0.25, 0.3) is 0 Å². The van der Waals surface area contributed by atoms with Crippen LogP contribution in [0.5, 0.6) is 0 Å². The normalized spacial score (nSPS) is 13.4. The summed E-state index contributed by atoms with van der Waals surface area (Å²) in [5.41, 5.74) is 0. The Bertz CT molecular complexity index is 266. The van der Waals surface area contributed by atoms with Crippen LogP contribution < -0.4 is 0 Å². The first-order chi connectivity index (χ1) is 11.9. The number of hydrogen-bond donors (Lipinski definition) is 0. The van der Waals surface area contributed by atoms with E-state index in [0.717, 1.165) is 0 Å². The molecule has 0 aliphatic carbocycles. The topological polar surface area (TPSA) is 0 Å².